The van der Waals surface area contributed by atoms with Gasteiger partial charge in [0.2, 0.25) is 0 Å². The normalized spacial score (nSPS) is 29.6. The van der Waals surface area contributed by atoms with E-state index >= 15 is 0 Å². The van der Waals surface area contributed by atoms with Crippen LogP contribution in [0, 0.1) is 11.3 Å². The van der Waals surface area contributed by atoms with Crippen LogP contribution < -0.4 is 5.73 Å². The molecule has 0 aromatic rings. The summed E-state index contributed by atoms with van der Waals surface area (Å²) in [6.45, 7) is 11.1. The second kappa shape index (κ2) is 5.50. The molecule has 0 aliphatic carbocycles. The Balaban J connectivity index is 2.63. The fraction of sp³-hybridized carbons (Fsp3) is 1.00. The fourth-order valence-electron chi connectivity index (χ4n) is 3.11. The van der Waals surface area contributed by atoms with E-state index in [4.69, 9.17) is 4.74 Å². The van der Waals surface area contributed by atoms with Crippen LogP contribution in [-0.4, -0.2) is 18.8 Å². The van der Waals surface area contributed by atoms with E-state index in [-0.39, 0.29) is 5.60 Å². The van der Waals surface area contributed by atoms with Crippen molar-refractivity contribution in [3.8, 4) is 0 Å². The van der Waals surface area contributed by atoms with Gasteiger partial charge in [-0.3, -0.25) is 0 Å². The van der Waals surface area contributed by atoms with Gasteiger partial charge in [-0.15, -0.1) is 0 Å². The Labute approximate surface area is 101 Å². The maximum absolute atomic E-state index is 5.85. The molecular formula is C14H30NO+. The molecule has 1 aliphatic heterocycles. The largest absolute Gasteiger partial charge is 0.376 e. The molecule has 1 aliphatic rings. The molecule has 16 heavy (non-hydrogen) atoms. The number of hydrogen-bond acceptors (Lipinski definition) is 1. The Hall–Kier alpha value is -0.0800. The molecule has 1 saturated heterocycles. The predicted molar refractivity (Wildman–Crippen MR) is 68.1 cm³/mol. The molecule has 3 N–H and O–H groups in total. The van der Waals surface area contributed by atoms with Crippen molar-refractivity contribution in [2.75, 3.05) is 13.2 Å². The van der Waals surface area contributed by atoms with Crippen LogP contribution >= 0.6 is 0 Å². The average molecular weight is 228 g/mol. The highest BCUT2D eigenvalue weighted by molar-refractivity contribution is 4.90. The summed E-state index contributed by atoms with van der Waals surface area (Å²) in [6, 6.07) is 0. The van der Waals surface area contributed by atoms with Crippen molar-refractivity contribution < 1.29 is 10.5 Å². The van der Waals surface area contributed by atoms with Crippen LogP contribution in [0.5, 0.6) is 0 Å². The number of ether oxygens (including phenoxy) is 1. The quantitative estimate of drug-likeness (QED) is 0.771. The highest BCUT2D eigenvalue weighted by Crippen LogP contribution is 2.45. The lowest BCUT2D eigenvalue weighted by atomic mass is 9.68. The molecular weight excluding hydrogens is 198 g/mol. The Morgan fingerprint density at radius 2 is 1.94 bits per heavy atom. The highest BCUT2D eigenvalue weighted by atomic mass is 16.5. The van der Waals surface area contributed by atoms with E-state index in [0.717, 1.165) is 19.1 Å². The molecule has 96 valence electrons. The van der Waals surface area contributed by atoms with Gasteiger partial charge in [0.15, 0.2) is 0 Å². The average Bonchev–Trinajstić information content (AvgIpc) is 2.14. The Kier molecular flexibility index (Phi) is 4.81. The summed E-state index contributed by atoms with van der Waals surface area (Å²) >= 11 is 0. The zero-order valence-electron chi connectivity index (χ0n) is 11.6. The minimum absolute atomic E-state index is 0.0738. The second-order valence-corrected chi connectivity index (χ2v) is 6.57. The van der Waals surface area contributed by atoms with Crippen LogP contribution in [0.25, 0.3) is 0 Å². The Bertz CT molecular complexity index is 209. The second-order valence-electron chi connectivity index (χ2n) is 6.57. The third-order valence-corrected chi connectivity index (χ3v) is 3.89. The van der Waals surface area contributed by atoms with Gasteiger partial charge < -0.3 is 10.5 Å². The lowest BCUT2D eigenvalue weighted by molar-refractivity contribution is -0.374. The summed E-state index contributed by atoms with van der Waals surface area (Å²) in [5, 5.41) is 0. The third kappa shape index (κ3) is 4.06. The molecule has 1 heterocycles. The van der Waals surface area contributed by atoms with Crippen molar-refractivity contribution in [3.05, 3.63) is 0 Å². The topological polar surface area (TPSA) is 36.9 Å². The first-order chi connectivity index (χ1) is 7.39. The van der Waals surface area contributed by atoms with Crippen molar-refractivity contribution in [3.63, 3.8) is 0 Å². The molecule has 0 aromatic carbocycles. The summed E-state index contributed by atoms with van der Waals surface area (Å²) in [6.07, 6.45) is 6.41. The van der Waals surface area contributed by atoms with Gasteiger partial charge in [0, 0.05) is 13.0 Å². The summed E-state index contributed by atoms with van der Waals surface area (Å²) in [5.74, 6) is 0.813. The van der Waals surface area contributed by atoms with Gasteiger partial charge in [-0.25, -0.2) is 0 Å². The van der Waals surface area contributed by atoms with Crippen molar-refractivity contribution in [1.82, 2.24) is 0 Å². The summed E-state index contributed by atoms with van der Waals surface area (Å²) in [7, 11) is 0. The standard InChI is InChI=1S/C14H29NO/c1-12(2)5-6-14(7-9-15)8-10-16-13(3,4)11-14/h12H,5-11,15H2,1-4H3/p+1/t14-/m0/s1. The maximum atomic E-state index is 5.85. The van der Waals surface area contributed by atoms with Gasteiger partial charge >= 0.3 is 0 Å². The molecule has 0 saturated carbocycles. The minimum atomic E-state index is 0.0738. The Morgan fingerprint density at radius 1 is 1.25 bits per heavy atom. The molecule has 0 aromatic heterocycles. The van der Waals surface area contributed by atoms with Crippen LogP contribution in [0.3, 0.4) is 0 Å². The molecule has 1 fully saturated rings. The van der Waals surface area contributed by atoms with Crippen molar-refractivity contribution in [2.24, 2.45) is 11.3 Å². The van der Waals surface area contributed by atoms with E-state index in [9.17, 15) is 0 Å². The zero-order chi connectivity index (χ0) is 12.2. The van der Waals surface area contributed by atoms with Gasteiger partial charge in [-0.1, -0.05) is 20.3 Å². The molecule has 0 bridgehead atoms. The van der Waals surface area contributed by atoms with Crippen LogP contribution in [0.15, 0.2) is 0 Å². The molecule has 2 heteroatoms. The highest BCUT2D eigenvalue weighted by Gasteiger charge is 2.40. The van der Waals surface area contributed by atoms with E-state index in [1.54, 1.807) is 0 Å². The van der Waals surface area contributed by atoms with E-state index in [1.165, 1.54) is 32.1 Å². The maximum Gasteiger partial charge on any atom is 0.0745 e. The molecule has 0 spiro atoms. The van der Waals surface area contributed by atoms with Crippen LogP contribution in [0.1, 0.15) is 59.8 Å². The van der Waals surface area contributed by atoms with Gasteiger partial charge in [0.1, 0.15) is 0 Å². The number of quaternary nitrogens is 1. The Morgan fingerprint density at radius 3 is 2.44 bits per heavy atom. The monoisotopic (exact) mass is 228 g/mol. The van der Waals surface area contributed by atoms with E-state index in [2.05, 4.69) is 33.4 Å². The molecule has 0 unspecified atom stereocenters. The molecule has 1 atom stereocenters. The fourth-order valence-corrected chi connectivity index (χ4v) is 3.11. The molecule has 2 nitrogen and oxygen atoms in total. The van der Waals surface area contributed by atoms with Crippen LogP contribution in [0.2, 0.25) is 0 Å². The minimum Gasteiger partial charge on any atom is -0.376 e. The molecule has 0 radical (unpaired) electrons. The first-order valence-electron chi connectivity index (χ1n) is 6.82. The van der Waals surface area contributed by atoms with Gasteiger partial charge in [-0.2, -0.15) is 0 Å². The third-order valence-electron chi connectivity index (χ3n) is 3.89. The SMILES string of the molecule is CC(C)CC[C@]1(CC[NH3+])CCOC(C)(C)C1. The predicted octanol–water partition coefficient (Wildman–Crippen LogP) is 2.63. The summed E-state index contributed by atoms with van der Waals surface area (Å²) in [5.41, 5.74) is 4.64. The van der Waals surface area contributed by atoms with Crippen LogP contribution in [-0.2, 0) is 4.74 Å². The van der Waals surface area contributed by atoms with Crippen LogP contribution in [0.4, 0.5) is 0 Å². The smallest absolute Gasteiger partial charge is 0.0745 e. The van der Waals surface area contributed by atoms with Gasteiger partial charge in [-0.05, 0) is 44.4 Å². The van der Waals surface area contributed by atoms with Crippen molar-refractivity contribution in [2.45, 2.75) is 65.4 Å². The van der Waals surface area contributed by atoms with E-state index in [1.807, 2.05) is 0 Å². The van der Waals surface area contributed by atoms with E-state index in [0.29, 0.717) is 5.41 Å². The lowest BCUT2D eigenvalue weighted by Crippen LogP contribution is -2.53. The van der Waals surface area contributed by atoms with Crippen molar-refractivity contribution in [1.29, 1.82) is 0 Å². The van der Waals surface area contributed by atoms with Gasteiger partial charge in [0.25, 0.3) is 0 Å². The summed E-state index contributed by atoms with van der Waals surface area (Å²) < 4.78 is 5.85. The van der Waals surface area contributed by atoms with Gasteiger partial charge in [0.05, 0.1) is 12.1 Å². The first kappa shape index (κ1) is 14.0. The zero-order valence-corrected chi connectivity index (χ0v) is 11.6. The first-order valence-corrected chi connectivity index (χ1v) is 6.82. The molecule has 0 amide bonds. The number of hydrogen-bond donors (Lipinski definition) is 1. The lowest BCUT2D eigenvalue weighted by Gasteiger charge is -2.45. The summed E-state index contributed by atoms with van der Waals surface area (Å²) in [4.78, 5) is 0. The van der Waals surface area contributed by atoms with E-state index < -0.39 is 0 Å². The van der Waals surface area contributed by atoms with Crippen molar-refractivity contribution >= 4 is 0 Å². The number of rotatable bonds is 5. The molecule has 1 rings (SSSR count).